The minimum Gasteiger partial charge on any atom is -0.468 e. The number of esters is 1. The van der Waals surface area contributed by atoms with Crippen molar-refractivity contribution in [1.29, 1.82) is 0 Å². The summed E-state index contributed by atoms with van der Waals surface area (Å²) in [6, 6.07) is 19.0. The standard InChI is InChI=1S/C29H36N2O7S/c1-23-21-29(27(32)36-2,39(34,35)30-16-13-26(14-17-30)25-11-7-4-8-12-25)15-18-31(23)28(33)38-20-19-37-22-24-9-5-3-6-10-24/h3-13,23H,14-22H2,1-2H3. The monoisotopic (exact) mass is 556 g/mol. The molecule has 1 saturated heterocycles. The zero-order valence-corrected chi connectivity index (χ0v) is 23.3. The maximum Gasteiger partial charge on any atom is 0.410 e. The van der Waals surface area contributed by atoms with Crippen molar-refractivity contribution in [3.63, 3.8) is 0 Å². The average Bonchev–Trinajstić information content (AvgIpc) is 2.97. The molecule has 2 heterocycles. The molecule has 1 amide bonds. The van der Waals surface area contributed by atoms with E-state index in [0.29, 0.717) is 13.0 Å². The summed E-state index contributed by atoms with van der Waals surface area (Å²) in [6.07, 6.45) is 1.73. The number of likely N-dealkylation sites (tertiary alicyclic amines) is 1. The highest BCUT2D eigenvalue weighted by Crippen LogP contribution is 2.39. The molecule has 2 aromatic rings. The van der Waals surface area contributed by atoms with Crippen LogP contribution in [0.5, 0.6) is 0 Å². The highest BCUT2D eigenvalue weighted by Gasteiger charge is 2.58. The van der Waals surface area contributed by atoms with Gasteiger partial charge in [0.05, 0.1) is 20.3 Å². The summed E-state index contributed by atoms with van der Waals surface area (Å²) in [7, 11) is -2.88. The van der Waals surface area contributed by atoms with E-state index in [9.17, 15) is 18.0 Å². The summed E-state index contributed by atoms with van der Waals surface area (Å²) in [5, 5.41) is 0. The number of piperidine rings is 1. The van der Waals surface area contributed by atoms with Crippen LogP contribution in [-0.4, -0.2) is 80.4 Å². The minimum atomic E-state index is -4.08. The van der Waals surface area contributed by atoms with Crippen LogP contribution in [-0.2, 0) is 35.6 Å². The molecule has 0 bridgehead atoms. The van der Waals surface area contributed by atoms with Gasteiger partial charge in [-0.05, 0) is 42.9 Å². The molecular weight excluding hydrogens is 520 g/mol. The lowest BCUT2D eigenvalue weighted by Crippen LogP contribution is -2.62. The van der Waals surface area contributed by atoms with Crippen LogP contribution < -0.4 is 0 Å². The van der Waals surface area contributed by atoms with Crippen molar-refractivity contribution in [2.24, 2.45) is 0 Å². The summed E-state index contributed by atoms with van der Waals surface area (Å²) in [5.41, 5.74) is 3.16. The van der Waals surface area contributed by atoms with E-state index >= 15 is 0 Å². The van der Waals surface area contributed by atoms with Crippen molar-refractivity contribution < 1.29 is 32.2 Å². The summed E-state index contributed by atoms with van der Waals surface area (Å²) in [5.74, 6) is -0.797. The van der Waals surface area contributed by atoms with Crippen LogP contribution >= 0.6 is 0 Å². The molecule has 2 aliphatic rings. The molecule has 0 radical (unpaired) electrons. The molecule has 0 aliphatic carbocycles. The minimum absolute atomic E-state index is 0.0537. The summed E-state index contributed by atoms with van der Waals surface area (Å²) < 4.78 is 43.4. The largest absolute Gasteiger partial charge is 0.468 e. The molecule has 39 heavy (non-hydrogen) atoms. The number of methoxy groups -OCH3 is 1. The summed E-state index contributed by atoms with van der Waals surface area (Å²) in [6.45, 7) is 2.94. The molecule has 0 N–H and O–H groups in total. The predicted octanol–water partition coefficient (Wildman–Crippen LogP) is 3.86. The van der Waals surface area contributed by atoms with E-state index in [-0.39, 0.29) is 45.7 Å². The maximum atomic E-state index is 13.9. The zero-order chi connectivity index (χ0) is 27.9. The maximum absolute atomic E-state index is 13.9. The van der Waals surface area contributed by atoms with Crippen LogP contribution in [0.1, 0.15) is 37.3 Å². The van der Waals surface area contributed by atoms with E-state index in [4.69, 9.17) is 14.2 Å². The molecule has 2 aromatic carbocycles. The van der Waals surface area contributed by atoms with Gasteiger partial charge in [-0.2, -0.15) is 4.31 Å². The lowest BCUT2D eigenvalue weighted by atomic mass is 9.91. The van der Waals surface area contributed by atoms with E-state index < -0.39 is 32.9 Å². The van der Waals surface area contributed by atoms with E-state index in [0.717, 1.165) is 16.7 Å². The van der Waals surface area contributed by atoms with Crippen molar-refractivity contribution in [3.05, 3.63) is 77.9 Å². The second-order valence-corrected chi connectivity index (χ2v) is 12.1. The molecule has 0 spiro atoms. The summed E-state index contributed by atoms with van der Waals surface area (Å²) in [4.78, 5) is 27.3. The van der Waals surface area contributed by atoms with Crippen molar-refractivity contribution in [3.8, 4) is 0 Å². The van der Waals surface area contributed by atoms with Crippen LogP contribution in [0.3, 0.4) is 0 Å². The number of benzene rings is 2. The van der Waals surface area contributed by atoms with Gasteiger partial charge in [-0.15, -0.1) is 0 Å². The lowest BCUT2D eigenvalue weighted by molar-refractivity contribution is -0.145. The molecule has 210 valence electrons. The van der Waals surface area contributed by atoms with Crippen molar-refractivity contribution >= 4 is 27.7 Å². The van der Waals surface area contributed by atoms with Crippen LogP contribution in [0, 0.1) is 0 Å². The first kappa shape index (κ1) is 28.8. The number of hydrogen-bond donors (Lipinski definition) is 0. The van der Waals surface area contributed by atoms with Gasteiger partial charge in [0.1, 0.15) is 6.61 Å². The molecule has 2 aliphatic heterocycles. The van der Waals surface area contributed by atoms with Gasteiger partial charge in [0.15, 0.2) is 4.75 Å². The van der Waals surface area contributed by atoms with Gasteiger partial charge < -0.3 is 19.1 Å². The van der Waals surface area contributed by atoms with Crippen LogP contribution in [0.15, 0.2) is 66.7 Å². The number of sulfonamides is 1. The molecule has 9 nitrogen and oxygen atoms in total. The molecule has 4 rings (SSSR count). The molecule has 1 fully saturated rings. The van der Waals surface area contributed by atoms with E-state index in [1.807, 2.05) is 66.7 Å². The van der Waals surface area contributed by atoms with Crippen molar-refractivity contribution in [2.45, 2.75) is 43.6 Å². The average molecular weight is 557 g/mol. The number of amides is 1. The Bertz CT molecular complexity index is 1270. The molecule has 10 heteroatoms. The smallest absolute Gasteiger partial charge is 0.410 e. The van der Waals surface area contributed by atoms with Gasteiger partial charge in [-0.3, -0.25) is 4.79 Å². The van der Waals surface area contributed by atoms with Gasteiger partial charge in [-0.1, -0.05) is 66.7 Å². The van der Waals surface area contributed by atoms with Crippen molar-refractivity contribution in [2.75, 3.05) is 40.0 Å². The fourth-order valence-corrected chi connectivity index (χ4v) is 7.45. The van der Waals surface area contributed by atoms with Gasteiger partial charge in [-0.25, -0.2) is 13.2 Å². The summed E-state index contributed by atoms with van der Waals surface area (Å²) >= 11 is 0. The van der Waals surface area contributed by atoms with Crippen LogP contribution in [0.4, 0.5) is 4.79 Å². The van der Waals surface area contributed by atoms with Gasteiger partial charge in [0.2, 0.25) is 10.0 Å². The molecule has 2 unspecified atom stereocenters. The third kappa shape index (κ3) is 6.34. The number of carbonyl (C=O) groups is 2. The van der Waals surface area contributed by atoms with Gasteiger partial charge in [0.25, 0.3) is 0 Å². The number of ether oxygens (including phenoxy) is 3. The normalized spacial score (nSPS) is 22.2. The Morgan fingerprint density at radius 1 is 1.00 bits per heavy atom. The molecule has 0 aromatic heterocycles. The third-order valence-electron chi connectivity index (χ3n) is 7.42. The first-order valence-electron chi connectivity index (χ1n) is 13.2. The Hall–Kier alpha value is -3.21. The fraction of sp³-hybridized carbons (Fsp3) is 0.448. The van der Waals surface area contributed by atoms with E-state index in [1.54, 1.807) is 6.92 Å². The predicted molar refractivity (Wildman–Crippen MR) is 147 cm³/mol. The van der Waals surface area contributed by atoms with Crippen molar-refractivity contribution in [1.82, 2.24) is 9.21 Å². The third-order valence-corrected chi connectivity index (χ3v) is 9.96. The van der Waals surface area contributed by atoms with E-state index in [1.165, 1.54) is 16.3 Å². The molecular formula is C29H36N2O7S. The topological polar surface area (TPSA) is 102 Å². The molecule has 0 saturated carbocycles. The Morgan fingerprint density at radius 2 is 1.69 bits per heavy atom. The van der Waals surface area contributed by atoms with Gasteiger partial charge >= 0.3 is 12.1 Å². The second kappa shape index (κ2) is 12.8. The first-order valence-corrected chi connectivity index (χ1v) is 14.6. The Kier molecular flexibility index (Phi) is 9.42. The van der Waals surface area contributed by atoms with E-state index in [2.05, 4.69) is 0 Å². The Morgan fingerprint density at radius 3 is 2.31 bits per heavy atom. The fourth-order valence-electron chi connectivity index (χ4n) is 5.26. The van der Waals surface area contributed by atoms with Gasteiger partial charge in [0, 0.05) is 25.7 Å². The molecule has 2 atom stereocenters. The number of hydrogen-bond acceptors (Lipinski definition) is 7. The number of rotatable bonds is 9. The number of nitrogens with zero attached hydrogens (tertiary/aromatic N) is 2. The number of carbonyl (C=O) groups excluding carboxylic acids is 2. The Labute approximate surface area is 230 Å². The Balaban J connectivity index is 1.37. The highest BCUT2D eigenvalue weighted by atomic mass is 32.2. The SMILES string of the molecule is COC(=O)C1(S(=O)(=O)N2CC=C(c3ccccc3)CC2)CCN(C(=O)OCCOCc2ccccc2)C(C)C1. The van der Waals surface area contributed by atoms with Crippen LogP contribution in [0.2, 0.25) is 0 Å². The highest BCUT2D eigenvalue weighted by molar-refractivity contribution is 7.91. The quantitative estimate of drug-likeness (QED) is 0.341. The first-order chi connectivity index (χ1) is 18.8. The lowest BCUT2D eigenvalue weighted by Gasteiger charge is -2.44. The zero-order valence-electron chi connectivity index (χ0n) is 22.5. The van der Waals surface area contributed by atoms with Crippen LogP contribution in [0.25, 0.3) is 5.57 Å². The second-order valence-electron chi connectivity index (χ2n) is 9.84.